The fourth-order valence-electron chi connectivity index (χ4n) is 2.58. The van der Waals surface area contributed by atoms with Gasteiger partial charge in [0.05, 0.1) is 15.9 Å². The molecule has 0 aliphatic heterocycles. The van der Waals surface area contributed by atoms with Crippen LogP contribution in [0.1, 0.15) is 5.56 Å². The molecule has 0 atom stereocenters. The van der Waals surface area contributed by atoms with Gasteiger partial charge in [-0.15, -0.1) is 11.3 Å². The number of aromatic nitrogens is 4. The predicted molar refractivity (Wildman–Crippen MR) is 89.8 cm³/mol. The molecular formula is C17H14N4S. The topological polar surface area (TPSA) is 43.6 Å². The third-order valence-corrected chi connectivity index (χ3v) is 4.78. The van der Waals surface area contributed by atoms with E-state index in [-0.39, 0.29) is 0 Å². The molecule has 108 valence electrons. The monoisotopic (exact) mass is 306 g/mol. The van der Waals surface area contributed by atoms with Gasteiger partial charge in [0.1, 0.15) is 5.69 Å². The SMILES string of the molecule is Cc1cc(-c2ccn(C)n2)nc2c(-c3ccncc3)csc12. The van der Waals surface area contributed by atoms with Crippen LogP contribution in [0.15, 0.2) is 48.2 Å². The number of thiophene rings is 1. The zero-order chi connectivity index (χ0) is 15.1. The van der Waals surface area contributed by atoms with E-state index in [1.54, 1.807) is 16.0 Å². The summed E-state index contributed by atoms with van der Waals surface area (Å²) in [6.45, 7) is 2.13. The van der Waals surface area contributed by atoms with Gasteiger partial charge in [-0.3, -0.25) is 9.67 Å². The van der Waals surface area contributed by atoms with Crippen LogP contribution < -0.4 is 0 Å². The highest BCUT2D eigenvalue weighted by Gasteiger charge is 2.13. The number of pyridine rings is 2. The molecule has 5 heteroatoms. The molecule has 0 aliphatic rings. The van der Waals surface area contributed by atoms with Crippen molar-refractivity contribution in [2.45, 2.75) is 6.92 Å². The molecular weight excluding hydrogens is 292 g/mol. The van der Waals surface area contributed by atoms with Gasteiger partial charge in [-0.1, -0.05) is 0 Å². The van der Waals surface area contributed by atoms with E-state index in [4.69, 9.17) is 4.98 Å². The van der Waals surface area contributed by atoms with Crippen LogP contribution in [0.5, 0.6) is 0 Å². The van der Waals surface area contributed by atoms with Gasteiger partial charge in [0, 0.05) is 36.6 Å². The Balaban J connectivity index is 1.96. The molecule has 4 heterocycles. The summed E-state index contributed by atoms with van der Waals surface area (Å²) in [7, 11) is 1.92. The number of hydrogen-bond acceptors (Lipinski definition) is 4. The predicted octanol–water partition coefficient (Wildman–Crippen LogP) is 4.07. The second kappa shape index (κ2) is 5.03. The van der Waals surface area contributed by atoms with Crippen LogP contribution in [-0.4, -0.2) is 19.7 Å². The van der Waals surface area contributed by atoms with Crippen molar-refractivity contribution in [2.75, 3.05) is 0 Å². The third-order valence-electron chi connectivity index (χ3n) is 3.68. The smallest absolute Gasteiger partial charge is 0.111 e. The summed E-state index contributed by atoms with van der Waals surface area (Å²) in [6, 6.07) is 8.14. The first-order chi connectivity index (χ1) is 10.7. The van der Waals surface area contributed by atoms with Crippen LogP contribution in [0.4, 0.5) is 0 Å². The molecule has 4 aromatic rings. The molecule has 0 N–H and O–H groups in total. The summed E-state index contributed by atoms with van der Waals surface area (Å²) in [5.74, 6) is 0. The Morgan fingerprint density at radius 1 is 1.09 bits per heavy atom. The Morgan fingerprint density at radius 2 is 1.91 bits per heavy atom. The van der Waals surface area contributed by atoms with E-state index < -0.39 is 0 Å². The summed E-state index contributed by atoms with van der Waals surface area (Å²) >= 11 is 1.74. The van der Waals surface area contributed by atoms with E-state index in [1.807, 2.05) is 43.8 Å². The summed E-state index contributed by atoms with van der Waals surface area (Å²) in [4.78, 5) is 8.96. The molecule has 4 nitrogen and oxygen atoms in total. The third kappa shape index (κ3) is 2.10. The first-order valence-corrected chi connectivity index (χ1v) is 7.89. The van der Waals surface area contributed by atoms with Crippen molar-refractivity contribution in [1.82, 2.24) is 19.7 Å². The van der Waals surface area contributed by atoms with Crippen LogP contribution >= 0.6 is 11.3 Å². The molecule has 0 saturated heterocycles. The Kier molecular flexibility index (Phi) is 3.01. The number of rotatable bonds is 2. The van der Waals surface area contributed by atoms with Crippen LogP contribution in [0.2, 0.25) is 0 Å². The van der Waals surface area contributed by atoms with E-state index in [0.717, 1.165) is 28.0 Å². The van der Waals surface area contributed by atoms with Crippen molar-refractivity contribution >= 4 is 21.6 Å². The molecule has 0 amide bonds. The molecule has 0 aromatic carbocycles. The summed E-state index contributed by atoms with van der Waals surface area (Å²) < 4.78 is 3.03. The first kappa shape index (κ1) is 13.2. The Morgan fingerprint density at radius 3 is 2.64 bits per heavy atom. The van der Waals surface area contributed by atoms with Crippen LogP contribution in [0, 0.1) is 6.92 Å². The first-order valence-electron chi connectivity index (χ1n) is 7.01. The molecule has 0 unspecified atom stereocenters. The van der Waals surface area contributed by atoms with E-state index in [9.17, 15) is 0 Å². The number of fused-ring (bicyclic) bond motifs is 1. The average Bonchev–Trinajstić information content (AvgIpc) is 3.14. The molecule has 0 bridgehead atoms. The maximum Gasteiger partial charge on any atom is 0.111 e. The summed E-state index contributed by atoms with van der Waals surface area (Å²) in [5, 5.41) is 6.63. The Hall–Kier alpha value is -2.53. The highest BCUT2D eigenvalue weighted by Crippen LogP contribution is 2.35. The zero-order valence-electron chi connectivity index (χ0n) is 12.3. The maximum atomic E-state index is 4.87. The van der Waals surface area contributed by atoms with Gasteiger partial charge in [-0.2, -0.15) is 5.10 Å². The molecule has 0 aliphatic carbocycles. The minimum atomic E-state index is 0.902. The maximum absolute atomic E-state index is 4.87. The fourth-order valence-corrected chi connectivity index (χ4v) is 3.58. The van der Waals surface area contributed by atoms with Gasteiger partial charge in [-0.05, 0) is 42.3 Å². The quantitative estimate of drug-likeness (QED) is 0.561. The van der Waals surface area contributed by atoms with Gasteiger partial charge in [0.25, 0.3) is 0 Å². The number of aryl methyl sites for hydroxylation is 2. The lowest BCUT2D eigenvalue weighted by atomic mass is 10.1. The van der Waals surface area contributed by atoms with Crippen LogP contribution in [-0.2, 0) is 7.05 Å². The zero-order valence-corrected chi connectivity index (χ0v) is 13.1. The van der Waals surface area contributed by atoms with E-state index in [2.05, 4.69) is 28.5 Å². The van der Waals surface area contributed by atoms with Crippen molar-refractivity contribution in [2.24, 2.45) is 7.05 Å². The van der Waals surface area contributed by atoms with Crippen molar-refractivity contribution < 1.29 is 0 Å². The van der Waals surface area contributed by atoms with Crippen LogP contribution in [0.3, 0.4) is 0 Å². The van der Waals surface area contributed by atoms with Crippen molar-refractivity contribution in [3.8, 4) is 22.5 Å². The Bertz CT molecular complexity index is 953. The van der Waals surface area contributed by atoms with Crippen molar-refractivity contribution in [3.63, 3.8) is 0 Å². The average molecular weight is 306 g/mol. The van der Waals surface area contributed by atoms with E-state index in [1.165, 1.54) is 10.3 Å². The van der Waals surface area contributed by atoms with Gasteiger partial charge in [0.2, 0.25) is 0 Å². The standard InChI is InChI=1S/C17H14N4S/c1-11-9-15(14-5-8-21(2)20-14)19-16-13(10-22-17(11)16)12-3-6-18-7-4-12/h3-10H,1-2H3. The fraction of sp³-hybridized carbons (Fsp3) is 0.118. The molecule has 0 saturated carbocycles. The van der Waals surface area contributed by atoms with E-state index >= 15 is 0 Å². The molecule has 22 heavy (non-hydrogen) atoms. The lowest BCUT2D eigenvalue weighted by Crippen LogP contribution is -1.91. The van der Waals surface area contributed by atoms with Crippen LogP contribution in [0.25, 0.3) is 32.7 Å². The highest BCUT2D eigenvalue weighted by molar-refractivity contribution is 7.17. The molecule has 4 rings (SSSR count). The second-order valence-electron chi connectivity index (χ2n) is 5.26. The van der Waals surface area contributed by atoms with Gasteiger partial charge in [-0.25, -0.2) is 4.98 Å². The summed E-state index contributed by atoms with van der Waals surface area (Å²) in [5.41, 5.74) is 6.39. The van der Waals surface area contributed by atoms with Gasteiger partial charge in [0.15, 0.2) is 0 Å². The number of hydrogen-bond donors (Lipinski definition) is 0. The minimum absolute atomic E-state index is 0.902. The van der Waals surface area contributed by atoms with Crippen molar-refractivity contribution in [3.05, 3.63) is 53.8 Å². The van der Waals surface area contributed by atoms with E-state index in [0.29, 0.717) is 0 Å². The highest BCUT2D eigenvalue weighted by atomic mass is 32.1. The lowest BCUT2D eigenvalue weighted by Gasteiger charge is -2.03. The molecule has 0 radical (unpaired) electrons. The molecule has 0 fully saturated rings. The van der Waals surface area contributed by atoms with Gasteiger partial charge < -0.3 is 0 Å². The lowest BCUT2D eigenvalue weighted by molar-refractivity contribution is 0.770. The summed E-state index contributed by atoms with van der Waals surface area (Å²) in [6.07, 6.45) is 5.57. The van der Waals surface area contributed by atoms with Gasteiger partial charge >= 0.3 is 0 Å². The largest absolute Gasteiger partial charge is 0.275 e. The molecule has 0 spiro atoms. The number of nitrogens with zero attached hydrogens (tertiary/aromatic N) is 4. The second-order valence-corrected chi connectivity index (χ2v) is 6.14. The normalized spacial score (nSPS) is 11.2. The van der Waals surface area contributed by atoms with Crippen molar-refractivity contribution in [1.29, 1.82) is 0 Å². The minimum Gasteiger partial charge on any atom is -0.275 e. The molecule has 4 aromatic heterocycles. The Labute approximate surface area is 132 Å².